The summed E-state index contributed by atoms with van der Waals surface area (Å²) in [6, 6.07) is 0. The molecule has 0 aliphatic carbocycles. The molecule has 0 radical (unpaired) electrons. The molecule has 1 nitrogen and oxygen atoms in total. The molecule has 0 rings (SSSR count). The molecule has 0 aliphatic rings. The van der Waals surface area contributed by atoms with E-state index in [1.165, 1.54) is 0 Å². The quantitative estimate of drug-likeness (QED) is 0.429. The van der Waals surface area contributed by atoms with E-state index in [9.17, 15) is 0 Å². The van der Waals surface area contributed by atoms with Crippen LogP contribution in [0.15, 0.2) is 0 Å². The summed E-state index contributed by atoms with van der Waals surface area (Å²) in [5.41, 5.74) is 0. The molecule has 0 N–H and O–H groups in total. The molecule has 0 saturated carbocycles. The van der Waals surface area contributed by atoms with Crippen molar-refractivity contribution in [1.82, 2.24) is 0 Å². The molecule has 0 aliphatic heterocycles. The zero-order chi connectivity index (χ0) is 4.83. The number of rotatable bonds is 3. The molecule has 0 aromatic rings. The normalized spacial score (nSPS) is 8.33. The van der Waals surface area contributed by atoms with E-state index < -0.39 is 18.5 Å². The maximum absolute atomic E-state index is 5.28. The molecule has 0 unspecified atom stereocenters. The van der Waals surface area contributed by atoms with Crippen molar-refractivity contribution in [1.29, 1.82) is 0 Å². The molecule has 0 spiro atoms. The monoisotopic (exact) mass is 142 g/mol. The summed E-state index contributed by atoms with van der Waals surface area (Å²) in [5, 5.41) is 0. The summed E-state index contributed by atoms with van der Waals surface area (Å²) in [7, 11) is 5.28. The van der Waals surface area contributed by atoms with E-state index in [4.69, 9.17) is 12.6 Å². The Morgan fingerprint density at radius 2 is 2.50 bits per heavy atom. The molecule has 0 aromatic heterocycles. The third kappa shape index (κ3) is 4.96. The fourth-order valence-electron chi connectivity index (χ4n) is 0.141. The molecule has 36 valence electrons. The zero-order valence-electron chi connectivity index (χ0n) is 3.70. The summed E-state index contributed by atoms with van der Waals surface area (Å²) in [6.07, 6.45) is 1.08. The average molecular weight is 142 g/mol. The Balaban J connectivity index is 2.34. The van der Waals surface area contributed by atoms with Crippen LogP contribution in [0, 0.1) is 0 Å². The third-order valence-electron chi connectivity index (χ3n) is 0.361. The van der Waals surface area contributed by atoms with Gasteiger partial charge < -0.3 is 0 Å². The van der Waals surface area contributed by atoms with E-state index >= 15 is 0 Å². The number of hydrogen-bond acceptors (Lipinski definition) is 1. The average Bonchev–Trinajstić information content (AvgIpc) is 1.61. The third-order valence-corrected chi connectivity index (χ3v) is 1.30. The molecule has 0 fully saturated rings. The van der Waals surface area contributed by atoms with Crippen molar-refractivity contribution in [2.75, 3.05) is 6.61 Å². The van der Waals surface area contributed by atoms with E-state index in [1.807, 2.05) is 0 Å². The SMILES string of the molecule is CCC[O][Ti][Cl]. The Bertz CT molecular complexity index is 22.8. The van der Waals surface area contributed by atoms with Crippen molar-refractivity contribution >= 4 is 9.30 Å². The van der Waals surface area contributed by atoms with E-state index in [-0.39, 0.29) is 0 Å². The summed E-state index contributed by atoms with van der Waals surface area (Å²) in [6.45, 7) is 2.90. The van der Waals surface area contributed by atoms with Gasteiger partial charge in [0.25, 0.3) is 0 Å². The van der Waals surface area contributed by atoms with Gasteiger partial charge in [0, 0.05) is 0 Å². The molecule has 0 bridgehead atoms. The topological polar surface area (TPSA) is 9.23 Å². The minimum atomic E-state index is -0.530. The summed E-state index contributed by atoms with van der Waals surface area (Å²) >= 11 is -0.530. The van der Waals surface area contributed by atoms with Gasteiger partial charge in [0.05, 0.1) is 0 Å². The van der Waals surface area contributed by atoms with Gasteiger partial charge in [0.2, 0.25) is 0 Å². The van der Waals surface area contributed by atoms with Crippen LogP contribution in [0.3, 0.4) is 0 Å². The Morgan fingerprint density at radius 3 is 2.67 bits per heavy atom. The first-order chi connectivity index (χ1) is 2.91. The van der Waals surface area contributed by atoms with Gasteiger partial charge >= 0.3 is 51.1 Å². The Hall–Kier alpha value is 0.964. The second kappa shape index (κ2) is 5.96. The Morgan fingerprint density at radius 1 is 1.83 bits per heavy atom. The van der Waals surface area contributed by atoms with Gasteiger partial charge in [-0.05, 0) is 0 Å². The van der Waals surface area contributed by atoms with E-state index in [2.05, 4.69) is 6.92 Å². The van der Waals surface area contributed by atoms with Gasteiger partial charge in [-0.25, -0.2) is 0 Å². The standard InChI is InChI=1S/C3H7O.ClH.Ti/c1-2-3-4;;/h2-3H2,1H3;1H;/q-1;;+2/p-1. The van der Waals surface area contributed by atoms with Crippen molar-refractivity contribution in [2.24, 2.45) is 0 Å². The van der Waals surface area contributed by atoms with Gasteiger partial charge in [0.1, 0.15) is 0 Å². The van der Waals surface area contributed by atoms with E-state index in [0.717, 1.165) is 13.0 Å². The van der Waals surface area contributed by atoms with Gasteiger partial charge in [-0.2, -0.15) is 0 Å². The van der Waals surface area contributed by atoms with Crippen LogP contribution in [0.2, 0.25) is 0 Å². The summed E-state index contributed by atoms with van der Waals surface area (Å²) in [5.74, 6) is 0. The van der Waals surface area contributed by atoms with Crippen LogP contribution >= 0.6 is 9.30 Å². The molecule has 0 heterocycles. The Kier molecular flexibility index (Phi) is 6.92. The van der Waals surface area contributed by atoms with Crippen LogP contribution in [0.1, 0.15) is 13.3 Å². The van der Waals surface area contributed by atoms with Crippen LogP contribution in [0.5, 0.6) is 0 Å². The van der Waals surface area contributed by atoms with Crippen LogP contribution in [-0.4, -0.2) is 6.61 Å². The summed E-state index contributed by atoms with van der Waals surface area (Å²) < 4.78 is 4.87. The van der Waals surface area contributed by atoms with Gasteiger partial charge in [0.15, 0.2) is 0 Å². The zero-order valence-corrected chi connectivity index (χ0v) is 6.02. The van der Waals surface area contributed by atoms with Crippen molar-refractivity contribution in [3.8, 4) is 0 Å². The molecule has 0 aromatic carbocycles. The van der Waals surface area contributed by atoms with Gasteiger partial charge in [-0.1, -0.05) is 0 Å². The molecular formula is C3H7ClOTi. The molecule has 0 atom stereocenters. The molecular weight excluding hydrogens is 135 g/mol. The maximum atomic E-state index is 5.28. The van der Waals surface area contributed by atoms with Crippen molar-refractivity contribution < 1.29 is 21.8 Å². The molecule has 0 saturated heterocycles. The van der Waals surface area contributed by atoms with E-state index in [1.54, 1.807) is 0 Å². The van der Waals surface area contributed by atoms with Crippen molar-refractivity contribution in [2.45, 2.75) is 13.3 Å². The Labute approximate surface area is 51.3 Å². The van der Waals surface area contributed by atoms with Crippen LogP contribution in [-0.2, 0) is 21.8 Å². The molecule has 0 amide bonds. The first-order valence-electron chi connectivity index (χ1n) is 1.89. The van der Waals surface area contributed by atoms with Gasteiger partial charge in [-0.3, -0.25) is 0 Å². The van der Waals surface area contributed by atoms with Crippen molar-refractivity contribution in [3.63, 3.8) is 0 Å². The number of halogens is 1. The number of hydrogen-bond donors (Lipinski definition) is 0. The van der Waals surface area contributed by atoms with Crippen LogP contribution < -0.4 is 0 Å². The molecule has 3 heteroatoms. The predicted octanol–water partition coefficient (Wildman–Crippen LogP) is 1.56. The van der Waals surface area contributed by atoms with Crippen molar-refractivity contribution in [3.05, 3.63) is 0 Å². The van der Waals surface area contributed by atoms with E-state index in [0.29, 0.717) is 0 Å². The second-order valence-electron chi connectivity index (χ2n) is 0.926. The second-order valence-corrected chi connectivity index (χ2v) is 2.25. The van der Waals surface area contributed by atoms with Crippen LogP contribution in [0.25, 0.3) is 0 Å². The first kappa shape index (κ1) is 6.96. The fourth-order valence-corrected chi connectivity index (χ4v) is 0.898. The van der Waals surface area contributed by atoms with Gasteiger partial charge in [-0.15, -0.1) is 0 Å². The molecule has 6 heavy (non-hydrogen) atoms. The predicted molar refractivity (Wildman–Crippen MR) is 22.1 cm³/mol. The first-order valence-corrected chi connectivity index (χ1v) is 4.67. The summed E-state index contributed by atoms with van der Waals surface area (Å²) in [4.78, 5) is 0. The fraction of sp³-hybridized carbons (Fsp3) is 1.00. The van der Waals surface area contributed by atoms with Crippen LogP contribution in [0.4, 0.5) is 0 Å². The minimum absolute atomic E-state index is 0.530.